The molecule has 2 aliphatic rings. The lowest BCUT2D eigenvalue weighted by Gasteiger charge is -2.35. The van der Waals surface area contributed by atoms with Gasteiger partial charge >= 0.3 is 6.03 Å². The van der Waals surface area contributed by atoms with Gasteiger partial charge in [0.25, 0.3) is 0 Å². The van der Waals surface area contributed by atoms with Gasteiger partial charge < -0.3 is 15.1 Å². The van der Waals surface area contributed by atoms with Gasteiger partial charge in [-0.05, 0) is 43.1 Å². The minimum atomic E-state index is -0.00910. The topological polar surface area (TPSA) is 52.7 Å². The van der Waals surface area contributed by atoms with E-state index in [0.717, 1.165) is 50.8 Å². The molecular weight excluding hydrogens is 350 g/mol. The van der Waals surface area contributed by atoms with Gasteiger partial charge in [-0.2, -0.15) is 0 Å². The molecule has 1 N–H and O–H groups in total. The van der Waals surface area contributed by atoms with Crippen molar-refractivity contribution in [3.05, 3.63) is 35.9 Å². The SMILES string of the molecule is CC(C)(C)C[C@@H](NC(=O)N1CCC(C(=O)N2CCCC2)CC1)c1ccccc1. The van der Waals surface area contributed by atoms with Crippen LogP contribution < -0.4 is 5.32 Å². The predicted molar refractivity (Wildman–Crippen MR) is 112 cm³/mol. The fourth-order valence-electron chi connectivity index (χ4n) is 4.32. The molecular formula is C23H35N3O2. The maximum absolute atomic E-state index is 12.9. The molecule has 0 aromatic heterocycles. The van der Waals surface area contributed by atoms with Gasteiger partial charge in [0, 0.05) is 32.1 Å². The molecule has 0 saturated carbocycles. The first-order valence-corrected chi connectivity index (χ1v) is 10.7. The Labute approximate surface area is 169 Å². The largest absolute Gasteiger partial charge is 0.342 e. The number of nitrogens with zero attached hydrogens (tertiary/aromatic N) is 2. The number of urea groups is 1. The molecule has 28 heavy (non-hydrogen) atoms. The van der Waals surface area contributed by atoms with Crippen LogP contribution in [0.4, 0.5) is 4.79 Å². The molecule has 0 aliphatic carbocycles. The van der Waals surface area contributed by atoms with Crippen LogP contribution in [-0.4, -0.2) is 47.9 Å². The zero-order chi connectivity index (χ0) is 20.1. The summed E-state index contributed by atoms with van der Waals surface area (Å²) in [5.74, 6) is 0.383. The van der Waals surface area contributed by atoms with Crippen molar-refractivity contribution in [2.45, 2.75) is 58.9 Å². The van der Waals surface area contributed by atoms with Crippen molar-refractivity contribution in [1.29, 1.82) is 0 Å². The van der Waals surface area contributed by atoms with E-state index in [9.17, 15) is 9.59 Å². The Morgan fingerprint density at radius 2 is 1.61 bits per heavy atom. The van der Waals surface area contributed by atoms with Crippen LogP contribution in [0.5, 0.6) is 0 Å². The third-order valence-electron chi connectivity index (χ3n) is 5.87. The van der Waals surface area contributed by atoms with Crippen molar-refractivity contribution in [2.75, 3.05) is 26.2 Å². The molecule has 1 aromatic carbocycles. The van der Waals surface area contributed by atoms with Crippen molar-refractivity contribution in [3.63, 3.8) is 0 Å². The van der Waals surface area contributed by atoms with Crippen molar-refractivity contribution in [1.82, 2.24) is 15.1 Å². The molecule has 2 heterocycles. The lowest BCUT2D eigenvalue weighted by atomic mass is 9.85. The lowest BCUT2D eigenvalue weighted by Crippen LogP contribution is -2.48. The summed E-state index contributed by atoms with van der Waals surface area (Å²) in [6.07, 6.45) is 4.69. The normalized spacial score (nSPS) is 19.5. The van der Waals surface area contributed by atoms with Crippen LogP contribution >= 0.6 is 0 Å². The number of hydrogen-bond acceptors (Lipinski definition) is 2. The Balaban J connectivity index is 1.56. The number of carbonyl (C=O) groups is 2. The summed E-state index contributed by atoms with van der Waals surface area (Å²) in [6, 6.07) is 10.2. The zero-order valence-electron chi connectivity index (χ0n) is 17.6. The predicted octanol–water partition coefficient (Wildman–Crippen LogP) is 4.21. The Morgan fingerprint density at radius 1 is 1.00 bits per heavy atom. The first kappa shape index (κ1) is 20.7. The molecule has 0 unspecified atom stereocenters. The molecule has 0 spiro atoms. The molecule has 2 aliphatic heterocycles. The third kappa shape index (κ3) is 5.49. The van der Waals surface area contributed by atoms with E-state index in [0.29, 0.717) is 19.0 Å². The Kier molecular flexibility index (Phi) is 6.63. The first-order chi connectivity index (χ1) is 13.3. The van der Waals surface area contributed by atoms with Crippen molar-refractivity contribution < 1.29 is 9.59 Å². The van der Waals surface area contributed by atoms with Crippen LogP contribution in [0.2, 0.25) is 0 Å². The highest BCUT2D eigenvalue weighted by Gasteiger charge is 2.32. The van der Waals surface area contributed by atoms with E-state index in [2.05, 4.69) is 38.2 Å². The molecule has 5 heteroatoms. The molecule has 1 atom stereocenters. The van der Waals surface area contributed by atoms with Crippen molar-refractivity contribution in [3.8, 4) is 0 Å². The van der Waals surface area contributed by atoms with Gasteiger partial charge in [0.2, 0.25) is 5.91 Å². The maximum Gasteiger partial charge on any atom is 0.317 e. The second-order valence-corrected chi connectivity index (χ2v) is 9.47. The van der Waals surface area contributed by atoms with E-state index in [4.69, 9.17) is 0 Å². The van der Waals surface area contributed by atoms with Crippen LogP contribution in [0.15, 0.2) is 30.3 Å². The molecule has 0 bridgehead atoms. The van der Waals surface area contributed by atoms with Crippen molar-refractivity contribution in [2.24, 2.45) is 11.3 Å². The van der Waals surface area contributed by atoms with Crippen LogP contribution in [0.1, 0.15) is 64.5 Å². The fraction of sp³-hybridized carbons (Fsp3) is 0.652. The Morgan fingerprint density at radius 3 is 2.18 bits per heavy atom. The summed E-state index contributed by atoms with van der Waals surface area (Å²) in [6.45, 7) is 9.73. The van der Waals surface area contributed by atoms with Crippen molar-refractivity contribution >= 4 is 11.9 Å². The van der Waals surface area contributed by atoms with E-state index >= 15 is 0 Å². The Bertz CT molecular complexity index is 654. The number of benzene rings is 1. The van der Waals surface area contributed by atoms with Gasteiger partial charge in [-0.1, -0.05) is 51.1 Å². The average molecular weight is 386 g/mol. The highest BCUT2D eigenvalue weighted by atomic mass is 16.2. The number of piperidine rings is 1. The summed E-state index contributed by atoms with van der Waals surface area (Å²) >= 11 is 0. The van der Waals surface area contributed by atoms with Gasteiger partial charge in [-0.25, -0.2) is 4.79 Å². The number of hydrogen-bond donors (Lipinski definition) is 1. The third-order valence-corrected chi connectivity index (χ3v) is 5.87. The summed E-state index contributed by atoms with van der Waals surface area (Å²) in [4.78, 5) is 29.4. The molecule has 2 saturated heterocycles. The molecule has 3 amide bonds. The van der Waals surface area contributed by atoms with Crippen LogP contribution in [0.3, 0.4) is 0 Å². The van der Waals surface area contributed by atoms with Gasteiger partial charge in [0.1, 0.15) is 0 Å². The molecule has 154 valence electrons. The monoisotopic (exact) mass is 385 g/mol. The van der Waals surface area contributed by atoms with Crippen LogP contribution in [0.25, 0.3) is 0 Å². The van der Waals surface area contributed by atoms with E-state index in [1.807, 2.05) is 28.0 Å². The molecule has 0 radical (unpaired) electrons. The quantitative estimate of drug-likeness (QED) is 0.844. The second-order valence-electron chi connectivity index (χ2n) is 9.47. The highest BCUT2D eigenvalue weighted by Crippen LogP contribution is 2.30. The van der Waals surface area contributed by atoms with Gasteiger partial charge in [0.05, 0.1) is 6.04 Å². The standard InChI is InChI=1S/C23H35N3O2/c1-23(2,3)17-20(18-9-5-4-6-10-18)24-22(28)26-15-11-19(12-16-26)21(27)25-13-7-8-14-25/h4-6,9-10,19-20H,7-8,11-17H2,1-3H3,(H,24,28)/t20-/m1/s1. The van der Waals surface area contributed by atoms with E-state index in [1.54, 1.807) is 0 Å². The maximum atomic E-state index is 12.9. The lowest BCUT2D eigenvalue weighted by molar-refractivity contribution is -0.135. The molecule has 2 fully saturated rings. The molecule has 1 aromatic rings. The molecule has 5 nitrogen and oxygen atoms in total. The summed E-state index contributed by atoms with van der Waals surface area (Å²) in [5, 5.41) is 3.25. The van der Waals surface area contributed by atoms with Gasteiger partial charge in [-0.3, -0.25) is 4.79 Å². The van der Waals surface area contributed by atoms with Crippen LogP contribution in [0, 0.1) is 11.3 Å². The average Bonchev–Trinajstić information content (AvgIpc) is 3.21. The summed E-state index contributed by atoms with van der Waals surface area (Å²) < 4.78 is 0. The zero-order valence-corrected chi connectivity index (χ0v) is 17.6. The van der Waals surface area contributed by atoms with E-state index in [-0.39, 0.29) is 23.4 Å². The summed E-state index contributed by atoms with van der Waals surface area (Å²) in [5.41, 5.74) is 1.26. The van der Waals surface area contributed by atoms with Gasteiger partial charge in [-0.15, -0.1) is 0 Å². The Hall–Kier alpha value is -2.04. The van der Waals surface area contributed by atoms with Crippen LogP contribution in [-0.2, 0) is 4.79 Å². The highest BCUT2D eigenvalue weighted by molar-refractivity contribution is 5.80. The second kappa shape index (κ2) is 8.97. The minimum absolute atomic E-state index is 0.00217. The summed E-state index contributed by atoms with van der Waals surface area (Å²) in [7, 11) is 0. The number of likely N-dealkylation sites (tertiary alicyclic amines) is 2. The number of rotatable bonds is 4. The van der Waals surface area contributed by atoms with E-state index < -0.39 is 0 Å². The molecule has 3 rings (SSSR count). The smallest absolute Gasteiger partial charge is 0.317 e. The van der Waals surface area contributed by atoms with E-state index in [1.165, 1.54) is 0 Å². The number of carbonyl (C=O) groups excluding carboxylic acids is 2. The first-order valence-electron chi connectivity index (χ1n) is 10.7. The fourth-order valence-corrected chi connectivity index (χ4v) is 4.32. The number of amides is 3. The minimum Gasteiger partial charge on any atom is -0.342 e. The number of nitrogens with one attached hydrogen (secondary N) is 1. The van der Waals surface area contributed by atoms with Gasteiger partial charge in [0.15, 0.2) is 0 Å².